The molecule has 0 saturated carbocycles. The van der Waals surface area contributed by atoms with E-state index >= 15 is 0 Å². The summed E-state index contributed by atoms with van der Waals surface area (Å²) in [4.78, 5) is 8.69. The van der Waals surface area contributed by atoms with Crippen molar-refractivity contribution in [1.29, 1.82) is 0 Å². The summed E-state index contributed by atoms with van der Waals surface area (Å²) in [7, 11) is 0. The van der Waals surface area contributed by atoms with Crippen LogP contribution in [0.5, 0.6) is 0 Å². The van der Waals surface area contributed by atoms with Crippen molar-refractivity contribution in [3.8, 4) is 0 Å². The Kier molecular flexibility index (Phi) is 5.14. The van der Waals surface area contributed by atoms with Gasteiger partial charge in [-0.2, -0.15) is 0 Å². The van der Waals surface area contributed by atoms with Gasteiger partial charge in [0, 0.05) is 17.8 Å². The van der Waals surface area contributed by atoms with Gasteiger partial charge in [-0.1, -0.05) is 39.0 Å². The summed E-state index contributed by atoms with van der Waals surface area (Å²) in [6, 6.07) is 8.36. The van der Waals surface area contributed by atoms with Crippen molar-refractivity contribution in [3.05, 3.63) is 41.7 Å². The van der Waals surface area contributed by atoms with Crippen molar-refractivity contribution in [2.75, 3.05) is 17.2 Å². The molecule has 0 radical (unpaired) electrons. The third-order valence-electron chi connectivity index (χ3n) is 3.46. The van der Waals surface area contributed by atoms with Gasteiger partial charge in [-0.15, -0.1) is 0 Å². The lowest BCUT2D eigenvalue weighted by atomic mass is 10.0. The third-order valence-corrected chi connectivity index (χ3v) is 3.46. The van der Waals surface area contributed by atoms with Crippen molar-refractivity contribution < 1.29 is 0 Å². The number of nitrogens with one attached hydrogen (secondary N) is 2. The number of para-hydroxylation sites is 1. The number of benzene rings is 1. The highest BCUT2D eigenvalue weighted by atomic mass is 15.1. The lowest BCUT2D eigenvalue weighted by Crippen LogP contribution is -2.07. The molecule has 0 aliphatic rings. The summed E-state index contributed by atoms with van der Waals surface area (Å²) in [6.07, 6.45) is 2.67. The third kappa shape index (κ3) is 3.72. The highest BCUT2D eigenvalue weighted by molar-refractivity contribution is 5.67. The van der Waals surface area contributed by atoms with E-state index in [-0.39, 0.29) is 0 Å². The fraction of sp³-hybridized carbons (Fsp3) is 0.412. The molecule has 4 nitrogen and oxygen atoms in total. The number of hydrogen-bond acceptors (Lipinski definition) is 4. The monoisotopic (exact) mass is 284 g/mol. The number of aromatic nitrogens is 2. The Hall–Kier alpha value is -2.10. The Labute approximate surface area is 127 Å². The zero-order valence-corrected chi connectivity index (χ0v) is 13.3. The molecule has 0 bridgehead atoms. The van der Waals surface area contributed by atoms with Gasteiger partial charge in [-0.05, 0) is 30.9 Å². The number of nitrogens with zero attached hydrogens (tertiary/aromatic N) is 2. The van der Waals surface area contributed by atoms with Crippen molar-refractivity contribution in [3.63, 3.8) is 0 Å². The number of rotatable bonds is 6. The van der Waals surface area contributed by atoms with Gasteiger partial charge in [0.15, 0.2) is 0 Å². The Morgan fingerprint density at radius 1 is 1.10 bits per heavy atom. The molecular weight excluding hydrogens is 260 g/mol. The molecule has 112 valence electrons. The summed E-state index contributed by atoms with van der Waals surface area (Å²) < 4.78 is 0. The van der Waals surface area contributed by atoms with Crippen LogP contribution in [-0.2, 0) is 0 Å². The molecule has 2 aromatic rings. The predicted octanol–water partition coefficient (Wildman–Crippen LogP) is 4.47. The summed E-state index contributed by atoms with van der Waals surface area (Å²) in [5.74, 6) is 2.22. The van der Waals surface area contributed by atoms with E-state index < -0.39 is 0 Å². The first-order chi connectivity index (χ1) is 10.1. The van der Waals surface area contributed by atoms with Crippen LogP contribution in [0.25, 0.3) is 0 Å². The maximum Gasteiger partial charge on any atom is 0.138 e. The van der Waals surface area contributed by atoms with Gasteiger partial charge in [-0.3, -0.25) is 0 Å². The lowest BCUT2D eigenvalue weighted by Gasteiger charge is -2.16. The quantitative estimate of drug-likeness (QED) is 0.821. The first-order valence-corrected chi connectivity index (χ1v) is 7.54. The molecule has 2 N–H and O–H groups in total. The molecule has 0 amide bonds. The Balaban J connectivity index is 2.28. The molecular formula is C17H24N4. The highest BCUT2D eigenvalue weighted by Crippen LogP contribution is 2.28. The van der Waals surface area contributed by atoms with Crippen LogP contribution in [0.15, 0.2) is 30.6 Å². The molecule has 1 aromatic heterocycles. The van der Waals surface area contributed by atoms with E-state index in [0.717, 1.165) is 35.9 Å². The molecule has 2 rings (SSSR count). The van der Waals surface area contributed by atoms with Crippen LogP contribution in [0.2, 0.25) is 0 Å². The zero-order chi connectivity index (χ0) is 15.2. The maximum absolute atomic E-state index is 4.38. The second kappa shape index (κ2) is 7.07. The summed E-state index contributed by atoms with van der Waals surface area (Å²) >= 11 is 0. The van der Waals surface area contributed by atoms with E-state index in [0.29, 0.717) is 5.92 Å². The first kappa shape index (κ1) is 15.3. The molecule has 0 aliphatic carbocycles. The standard InChI is InChI=1S/C17H24N4/c1-5-10-18-16-13(4)17(20-11-19-16)21-15-9-7-6-8-14(15)12(2)3/h6-9,11-12H,5,10H2,1-4H3,(H2,18,19,20,21). The average molecular weight is 284 g/mol. The molecule has 0 saturated heterocycles. The van der Waals surface area contributed by atoms with Gasteiger partial charge in [0.1, 0.15) is 18.0 Å². The zero-order valence-electron chi connectivity index (χ0n) is 13.3. The average Bonchev–Trinajstić information content (AvgIpc) is 2.48. The van der Waals surface area contributed by atoms with E-state index in [2.05, 4.69) is 59.6 Å². The Bertz CT molecular complexity index is 593. The van der Waals surface area contributed by atoms with Crippen molar-refractivity contribution in [1.82, 2.24) is 9.97 Å². The maximum atomic E-state index is 4.38. The number of hydrogen-bond donors (Lipinski definition) is 2. The molecule has 0 atom stereocenters. The van der Waals surface area contributed by atoms with Crippen LogP contribution >= 0.6 is 0 Å². The molecule has 0 spiro atoms. The van der Waals surface area contributed by atoms with Crippen LogP contribution in [0.1, 0.15) is 44.2 Å². The van der Waals surface area contributed by atoms with Crippen LogP contribution in [0.4, 0.5) is 17.3 Å². The van der Waals surface area contributed by atoms with Crippen LogP contribution in [-0.4, -0.2) is 16.5 Å². The molecule has 4 heteroatoms. The number of anilines is 3. The van der Waals surface area contributed by atoms with Crippen LogP contribution < -0.4 is 10.6 Å². The minimum atomic E-state index is 0.466. The SMILES string of the molecule is CCCNc1ncnc(Nc2ccccc2C(C)C)c1C. The minimum absolute atomic E-state index is 0.466. The fourth-order valence-electron chi connectivity index (χ4n) is 2.24. The second-order valence-electron chi connectivity index (χ2n) is 5.49. The van der Waals surface area contributed by atoms with E-state index in [1.165, 1.54) is 5.56 Å². The fourth-order valence-corrected chi connectivity index (χ4v) is 2.24. The van der Waals surface area contributed by atoms with Crippen LogP contribution in [0, 0.1) is 6.92 Å². The van der Waals surface area contributed by atoms with E-state index in [1.54, 1.807) is 6.33 Å². The van der Waals surface area contributed by atoms with Crippen LogP contribution in [0.3, 0.4) is 0 Å². The highest BCUT2D eigenvalue weighted by Gasteiger charge is 2.10. The second-order valence-corrected chi connectivity index (χ2v) is 5.49. The molecule has 0 unspecified atom stereocenters. The Morgan fingerprint density at radius 2 is 1.81 bits per heavy atom. The molecule has 0 fully saturated rings. The summed E-state index contributed by atoms with van der Waals surface area (Å²) in [5, 5.41) is 6.78. The predicted molar refractivity (Wildman–Crippen MR) is 89.4 cm³/mol. The van der Waals surface area contributed by atoms with Gasteiger partial charge in [0.05, 0.1) is 0 Å². The van der Waals surface area contributed by atoms with Crippen molar-refractivity contribution in [2.45, 2.75) is 40.0 Å². The van der Waals surface area contributed by atoms with Gasteiger partial charge in [0.2, 0.25) is 0 Å². The summed E-state index contributed by atoms with van der Waals surface area (Å²) in [6.45, 7) is 9.49. The molecule has 1 aromatic carbocycles. The topological polar surface area (TPSA) is 49.8 Å². The van der Waals surface area contributed by atoms with E-state index in [1.807, 2.05) is 13.0 Å². The Morgan fingerprint density at radius 3 is 2.52 bits per heavy atom. The molecule has 21 heavy (non-hydrogen) atoms. The van der Waals surface area contributed by atoms with E-state index in [9.17, 15) is 0 Å². The van der Waals surface area contributed by atoms with Gasteiger partial charge < -0.3 is 10.6 Å². The van der Waals surface area contributed by atoms with Gasteiger partial charge in [-0.25, -0.2) is 9.97 Å². The molecule has 1 heterocycles. The first-order valence-electron chi connectivity index (χ1n) is 7.54. The smallest absolute Gasteiger partial charge is 0.138 e. The minimum Gasteiger partial charge on any atom is -0.370 e. The van der Waals surface area contributed by atoms with Crippen molar-refractivity contribution in [2.24, 2.45) is 0 Å². The summed E-state index contributed by atoms with van der Waals surface area (Å²) in [5.41, 5.74) is 3.44. The van der Waals surface area contributed by atoms with E-state index in [4.69, 9.17) is 0 Å². The molecule has 0 aliphatic heterocycles. The van der Waals surface area contributed by atoms with Gasteiger partial charge >= 0.3 is 0 Å². The van der Waals surface area contributed by atoms with Crippen molar-refractivity contribution >= 4 is 17.3 Å². The normalized spacial score (nSPS) is 10.7. The van der Waals surface area contributed by atoms with Gasteiger partial charge in [0.25, 0.3) is 0 Å². The lowest BCUT2D eigenvalue weighted by molar-refractivity contribution is 0.868. The largest absolute Gasteiger partial charge is 0.370 e.